The molecule has 0 radical (unpaired) electrons. The molecule has 0 heterocycles. The normalized spacial score (nSPS) is 12.8. The standard InChI is InChI=1S/C41H78O6.C3H9N.ClH/c1-4-7-9-11-13-15-17-19-21-23-25-27-29-31-33-35-37(42)39(44)41(46,40(45)47-6-3)38(43)36-34-32-30-28-26-24-22-20-18-16-14-12-10-8-5-2;1-4(2)3;/h39,44,46H,4-36H2,1-3H3;1-3H3;1H. The van der Waals surface area contributed by atoms with Crippen LogP contribution in [0.15, 0.2) is 0 Å². The van der Waals surface area contributed by atoms with Gasteiger partial charge in [-0.1, -0.05) is 194 Å². The van der Waals surface area contributed by atoms with Crippen LogP contribution < -0.4 is 0 Å². The van der Waals surface area contributed by atoms with Gasteiger partial charge in [0.05, 0.1) is 6.61 Å². The Bertz CT molecular complexity index is 792. The predicted octanol–water partition coefficient (Wildman–Crippen LogP) is 11.9. The number of Topliss-reactive ketones (excluding diaryl/α,β-unsaturated/α-hetero) is 2. The Labute approximate surface area is 329 Å². The van der Waals surface area contributed by atoms with Crippen molar-refractivity contribution in [3.63, 3.8) is 0 Å². The molecule has 0 bridgehead atoms. The molecule has 0 aromatic carbocycles. The second-order valence-corrected chi connectivity index (χ2v) is 15.5. The summed E-state index contributed by atoms with van der Waals surface area (Å²) in [7, 11) is 6.00. The van der Waals surface area contributed by atoms with E-state index in [0.717, 1.165) is 38.5 Å². The smallest absolute Gasteiger partial charge is 0.349 e. The summed E-state index contributed by atoms with van der Waals surface area (Å²) in [6, 6.07) is 0. The maximum absolute atomic E-state index is 13.0. The van der Waals surface area contributed by atoms with Crippen LogP contribution >= 0.6 is 12.4 Å². The first-order chi connectivity index (χ1) is 24.6. The van der Waals surface area contributed by atoms with Gasteiger partial charge in [-0.05, 0) is 40.9 Å². The van der Waals surface area contributed by atoms with Gasteiger partial charge < -0.3 is 19.8 Å². The number of ether oxygens (including phenoxy) is 1. The highest BCUT2D eigenvalue weighted by Gasteiger charge is 2.53. The van der Waals surface area contributed by atoms with Gasteiger partial charge in [-0.15, -0.1) is 12.4 Å². The van der Waals surface area contributed by atoms with Crippen molar-refractivity contribution < 1.29 is 29.3 Å². The third-order valence-electron chi connectivity index (χ3n) is 9.75. The maximum Gasteiger partial charge on any atom is 0.349 e. The number of unbranched alkanes of at least 4 members (excludes halogenated alkanes) is 28. The van der Waals surface area contributed by atoms with Crippen molar-refractivity contribution in [2.45, 2.75) is 238 Å². The largest absolute Gasteiger partial charge is 0.463 e. The fourth-order valence-corrected chi connectivity index (χ4v) is 6.51. The van der Waals surface area contributed by atoms with E-state index in [-0.39, 0.29) is 31.9 Å². The molecule has 52 heavy (non-hydrogen) atoms. The van der Waals surface area contributed by atoms with Gasteiger partial charge in [0.15, 0.2) is 17.7 Å². The molecule has 0 aromatic heterocycles. The summed E-state index contributed by atoms with van der Waals surface area (Å²) in [5.74, 6) is -2.70. The SMILES string of the molecule is CCCCCCCCCCCCCCCCCC(=O)C(O)C(O)(C(=O)CCCCCCCCCCCCCCCCC)C(=O)OCC.CN(C)C.Cl. The van der Waals surface area contributed by atoms with E-state index in [0.29, 0.717) is 12.8 Å². The van der Waals surface area contributed by atoms with Crippen LogP contribution in [0, 0.1) is 0 Å². The molecule has 0 aliphatic rings. The molecule has 8 heteroatoms. The van der Waals surface area contributed by atoms with Crippen molar-refractivity contribution in [1.29, 1.82) is 0 Å². The Balaban J connectivity index is -0.00000454. The molecule has 0 saturated carbocycles. The molecular formula is C44H88ClNO6. The fourth-order valence-electron chi connectivity index (χ4n) is 6.51. The molecule has 0 aliphatic carbocycles. The minimum absolute atomic E-state index is 0. The van der Waals surface area contributed by atoms with Gasteiger partial charge in [-0.2, -0.15) is 0 Å². The van der Waals surface area contributed by atoms with E-state index in [1.54, 1.807) is 6.92 Å². The predicted molar refractivity (Wildman–Crippen MR) is 224 cm³/mol. The number of halogens is 1. The number of rotatable bonds is 37. The van der Waals surface area contributed by atoms with E-state index in [2.05, 4.69) is 13.8 Å². The number of hydrogen-bond acceptors (Lipinski definition) is 7. The minimum Gasteiger partial charge on any atom is -0.463 e. The maximum atomic E-state index is 13.0. The highest BCUT2D eigenvalue weighted by Crippen LogP contribution is 2.23. The summed E-state index contributed by atoms with van der Waals surface area (Å²) in [4.78, 5) is 40.4. The van der Waals surface area contributed by atoms with Crippen molar-refractivity contribution >= 4 is 29.9 Å². The second kappa shape index (κ2) is 41.1. The zero-order valence-electron chi connectivity index (χ0n) is 35.3. The highest BCUT2D eigenvalue weighted by molar-refractivity contribution is 6.11. The van der Waals surface area contributed by atoms with Crippen LogP contribution in [0.25, 0.3) is 0 Å². The molecule has 2 N–H and O–H groups in total. The van der Waals surface area contributed by atoms with Crippen molar-refractivity contribution in [1.82, 2.24) is 4.90 Å². The average Bonchev–Trinajstić information content (AvgIpc) is 3.10. The van der Waals surface area contributed by atoms with Crippen molar-refractivity contribution in [2.24, 2.45) is 0 Å². The number of carbonyl (C=O) groups is 3. The van der Waals surface area contributed by atoms with Gasteiger partial charge in [0.1, 0.15) is 0 Å². The van der Waals surface area contributed by atoms with Crippen LogP contribution in [0.5, 0.6) is 0 Å². The van der Waals surface area contributed by atoms with Crippen molar-refractivity contribution in [3.8, 4) is 0 Å². The molecule has 0 fully saturated rings. The molecule has 0 amide bonds. The molecule has 7 nitrogen and oxygen atoms in total. The van der Waals surface area contributed by atoms with Crippen LogP contribution in [0.2, 0.25) is 0 Å². The van der Waals surface area contributed by atoms with Crippen LogP contribution in [0.3, 0.4) is 0 Å². The monoisotopic (exact) mass is 762 g/mol. The van der Waals surface area contributed by atoms with Gasteiger partial charge in [-0.25, -0.2) is 4.79 Å². The van der Waals surface area contributed by atoms with Crippen LogP contribution in [0.4, 0.5) is 0 Å². The Morgan fingerprint density at radius 1 is 0.500 bits per heavy atom. The van der Waals surface area contributed by atoms with Crippen LogP contribution in [-0.4, -0.2) is 72.1 Å². The fraction of sp³-hybridized carbons (Fsp3) is 0.932. The van der Waals surface area contributed by atoms with Gasteiger partial charge >= 0.3 is 5.97 Å². The summed E-state index contributed by atoms with van der Waals surface area (Å²) in [5, 5.41) is 21.8. The Hall–Kier alpha value is -1.02. The lowest BCUT2D eigenvalue weighted by atomic mass is 9.85. The topological polar surface area (TPSA) is 104 Å². The van der Waals surface area contributed by atoms with Gasteiger partial charge in [0.25, 0.3) is 5.60 Å². The number of aliphatic hydroxyl groups excluding tert-OH is 1. The summed E-state index contributed by atoms with van der Waals surface area (Å²) in [6.07, 6.45) is 33.9. The Morgan fingerprint density at radius 3 is 1.02 bits per heavy atom. The lowest BCUT2D eigenvalue weighted by Crippen LogP contribution is -2.59. The summed E-state index contributed by atoms with van der Waals surface area (Å²) < 4.78 is 4.94. The third-order valence-corrected chi connectivity index (χ3v) is 9.75. The number of ketones is 2. The molecule has 0 aliphatic heterocycles. The average molecular weight is 763 g/mol. The molecular weight excluding hydrogens is 674 g/mol. The van der Waals surface area contributed by atoms with Gasteiger partial charge in [0.2, 0.25) is 0 Å². The first-order valence-electron chi connectivity index (χ1n) is 21.8. The van der Waals surface area contributed by atoms with Crippen molar-refractivity contribution in [2.75, 3.05) is 27.7 Å². The molecule has 0 spiro atoms. The lowest BCUT2D eigenvalue weighted by Gasteiger charge is -2.28. The summed E-state index contributed by atoms with van der Waals surface area (Å²) >= 11 is 0. The van der Waals surface area contributed by atoms with Crippen LogP contribution in [-0.2, 0) is 19.1 Å². The molecule has 2 atom stereocenters. The van der Waals surface area contributed by atoms with Crippen LogP contribution in [0.1, 0.15) is 226 Å². The second-order valence-electron chi connectivity index (χ2n) is 15.5. The number of hydrogen-bond donors (Lipinski definition) is 2. The van der Waals surface area contributed by atoms with E-state index >= 15 is 0 Å². The molecule has 2 unspecified atom stereocenters. The summed E-state index contributed by atoms with van der Waals surface area (Å²) in [6.45, 7) is 6.03. The molecule has 312 valence electrons. The highest BCUT2D eigenvalue weighted by atomic mass is 35.5. The zero-order chi connectivity index (χ0) is 38.4. The number of esters is 1. The van der Waals surface area contributed by atoms with E-state index < -0.39 is 29.2 Å². The minimum atomic E-state index is -2.82. The van der Waals surface area contributed by atoms with E-state index in [1.165, 1.54) is 141 Å². The molecule has 0 saturated heterocycles. The van der Waals surface area contributed by atoms with E-state index in [1.807, 2.05) is 26.0 Å². The quantitative estimate of drug-likeness (QED) is 0.0369. The van der Waals surface area contributed by atoms with E-state index in [4.69, 9.17) is 4.74 Å². The third kappa shape index (κ3) is 33.5. The Kier molecular flexibility index (Phi) is 43.8. The van der Waals surface area contributed by atoms with Gasteiger partial charge in [-0.3, -0.25) is 9.59 Å². The van der Waals surface area contributed by atoms with E-state index in [9.17, 15) is 24.6 Å². The number of carbonyl (C=O) groups excluding carboxylic acids is 3. The molecule has 0 rings (SSSR count). The zero-order valence-corrected chi connectivity index (χ0v) is 36.1. The first kappa shape index (κ1) is 55.3. The van der Waals surface area contributed by atoms with Gasteiger partial charge in [0, 0.05) is 12.8 Å². The number of nitrogens with zero attached hydrogens (tertiary/aromatic N) is 1. The lowest BCUT2D eigenvalue weighted by molar-refractivity contribution is -0.185. The molecule has 0 aromatic rings. The first-order valence-corrected chi connectivity index (χ1v) is 21.8. The van der Waals surface area contributed by atoms with Crippen molar-refractivity contribution in [3.05, 3.63) is 0 Å². The number of aliphatic hydroxyl groups is 2. The summed E-state index contributed by atoms with van der Waals surface area (Å²) in [5.41, 5.74) is -2.82. The Morgan fingerprint density at radius 2 is 0.750 bits per heavy atom.